The molecule has 6 heteroatoms. The normalized spacial score (nSPS) is 17.1. The second-order valence-electron chi connectivity index (χ2n) is 10.0. The predicted octanol–water partition coefficient (Wildman–Crippen LogP) is 4.45. The molecule has 1 aromatic heterocycles. The molecule has 0 bridgehead atoms. The number of rotatable bonds is 6. The maximum atomic E-state index is 12.9. The van der Waals surface area contributed by atoms with Crippen molar-refractivity contribution in [3.8, 4) is 11.8 Å². The second kappa shape index (κ2) is 10.2. The van der Waals surface area contributed by atoms with Crippen LogP contribution in [0.25, 0.3) is 11.0 Å². The molecule has 32 heavy (non-hydrogen) atoms. The molecule has 0 saturated carbocycles. The first-order valence-electron chi connectivity index (χ1n) is 11.7. The van der Waals surface area contributed by atoms with Gasteiger partial charge in [-0.25, -0.2) is 4.79 Å². The van der Waals surface area contributed by atoms with E-state index in [0.29, 0.717) is 30.2 Å². The quantitative estimate of drug-likeness (QED) is 0.412. The van der Waals surface area contributed by atoms with Crippen molar-refractivity contribution in [3.05, 3.63) is 34.2 Å². The molecule has 1 aliphatic rings. The van der Waals surface area contributed by atoms with Gasteiger partial charge < -0.3 is 0 Å². The molecule has 1 fully saturated rings. The van der Waals surface area contributed by atoms with Gasteiger partial charge in [0.15, 0.2) is 0 Å². The number of hydrogen-bond donors (Lipinski definition) is 1. The fraction of sp³-hybridized carbons (Fsp3) is 0.577. The number of nitrogens with zero attached hydrogens (tertiary/aromatic N) is 2. The van der Waals surface area contributed by atoms with Gasteiger partial charge in [0.2, 0.25) is 11.8 Å². The lowest BCUT2D eigenvalue weighted by Crippen LogP contribution is -2.38. The van der Waals surface area contributed by atoms with Gasteiger partial charge in [0.25, 0.3) is 0 Å². The van der Waals surface area contributed by atoms with Crippen molar-refractivity contribution < 1.29 is 9.59 Å². The van der Waals surface area contributed by atoms with E-state index in [2.05, 4.69) is 37.9 Å². The van der Waals surface area contributed by atoms with Crippen LogP contribution in [0, 0.1) is 17.3 Å². The third kappa shape index (κ3) is 5.91. The van der Waals surface area contributed by atoms with E-state index in [1.807, 2.05) is 18.2 Å². The highest BCUT2D eigenvalue weighted by Gasteiger charge is 2.29. The number of hydrogen-bond acceptors (Lipinski definition) is 3. The van der Waals surface area contributed by atoms with Gasteiger partial charge in [0.1, 0.15) is 6.04 Å². The Bertz CT molecular complexity index is 1110. The van der Waals surface area contributed by atoms with Gasteiger partial charge in [0, 0.05) is 25.5 Å². The third-order valence-electron chi connectivity index (χ3n) is 6.06. The van der Waals surface area contributed by atoms with Crippen LogP contribution in [0.1, 0.15) is 90.2 Å². The summed E-state index contributed by atoms with van der Waals surface area (Å²) in [7, 11) is 1.70. The fourth-order valence-electron chi connectivity index (χ4n) is 4.25. The summed E-state index contributed by atoms with van der Waals surface area (Å²) >= 11 is 0. The van der Waals surface area contributed by atoms with Crippen molar-refractivity contribution in [2.75, 3.05) is 0 Å². The van der Waals surface area contributed by atoms with Crippen LogP contribution in [-0.4, -0.2) is 20.9 Å². The number of imide groups is 1. The number of nitrogens with one attached hydrogen (secondary N) is 1. The summed E-state index contributed by atoms with van der Waals surface area (Å²) in [5.74, 6) is 5.78. The van der Waals surface area contributed by atoms with Crippen molar-refractivity contribution in [1.82, 2.24) is 14.5 Å². The third-order valence-corrected chi connectivity index (χ3v) is 6.06. The number of fused-ring (bicyclic) bond motifs is 1. The Hall–Kier alpha value is -2.81. The van der Waals surface area contributed by atoms with Crippen LogP contribution in [0.5, 0.6) is 0 Å². The summed E-state index contributed by atoms with van der Waals surface area (Å²) in [6, 6.07) is 4.98. The number of carbonyl (C=O) groups is 2. The lowest BCUT2D eigenvalue weighted by atomic mass is 9.89. The van der Waals surface area contributed by atoms with E-state index in [9.17, 15) is 14.4 Å². The van der Waals surface area contributed by atoms with Gasteiger partial charge in [-0.2, -0.15) is 0 Å². The molecule has 0 spiro atoms. The van der Waals surface area contributed by atoms with Gasteiger partial charge in [0.05, 0.1) is 11.0 Å². The maximum absolute atomic E-state index is 12.9. The molecule has 1 unspecified atom stereocenters. The van der Waals surface area contributed by atoms with Gasteiger partial charge in [-0.05, 0) is 49.3 Å². The Morgan fingerprint density at radius 2 is 1.81 bits per heavy atom. The minimum absolute atomic E-state index is 0.255. The van der Waals surface area contributed by atoms with Crippen LogP contribution < -0.4 is 11.0 Å². The lowest BCUT2D eigenvalue weighted by molar-refractivity contribution is -0.131. The van der Waals surface area contributed by atoms with E-state index in [0.717, 1.165) is 23.9 Å². The van der Waals surface area contributed by atoms with Gasteiger partial charge >= 0.3 is 5.69 Å². The molecule has 1 aliphatic heterocycles. The van der Waals surface area contributed by atoms with Crippen LogP contribution in [0.2, 0.25) is 0 Å². The molecule has 6 nitrogen and oxygen atoms in total. The summed E-state index contributed by atoms with van der Waals surface area (Å²) in [6.45, 7) is 6.85. The summed E-state index contributed by atoms with van der Waals surface area (Å²) in [5, 5.41) is 2.39. The number of aryl methyl sites for hydroxylation is 1. The van der Waals surface area contributed by atoms with Crippen molar-refractivity contribution in [2.24, 2.45) is 12.5 Å². The SMILES string of the molecule is Cn1c(=O)n(C2CCCC(=O)NC2=O)c2ccc(C#CCCCCCCC(C)(C)C)cc21. The number of aromatic nitrogens is 2. The zero-order valence-corrected chi connectivity index (χ0v) is 19.8. The minimum atomic E-state index is -0.673. The molecule has 0 radical (unpaired) electrons. The van der Waals surface area contributed by atoms with E-state index in [-0.39, 0.29) is 11.6 Å². The summed E-state index contributed by atoms with van der Waals surface area (Å²) in [4.78, 5) is 37.1. The van der Waals surface area contributed by atoms with Gasteiger partial charge in [-0.15, -0.1) is 0 Å². The van der Waals surface area contributed by atoms with E-state index in [4.69, 9.17) is 0 Å². The van der Waals surface area contributed by atoms with Crippen LogP contribution in [0.3, 0.4) is 0 Å². The molecule has 0 aliphatic carbocycles. The average Bonchev–Trinajstić information content (AvgIpc) is 2.84. The van der Waals surface area contributed by atoms with Crippen LogP contribution in [0.4, 0.5) is 0 Å². The predicted molar refractivity (Wildman–Crippen MR) is 127 cm³/mol. The molecule has 1 atom stereocenters. The Morgan fingerprint density at radius 3 is 2.56 bits per heavy atom. The first kappa shape index (κ1) is 23.8. The number of amides is 2. The Morgan fingerprint density at radius 1 is 1.06 bits per heavy atom. The fourth-order valence-corrected chi connectivity index (χ4v) is 4.25. The summed E-state index contributed by atoms with van der Waals surface area (Å²) in [6.07, 6.45) is 8.29. The van der Waals surface area contributed by atoms with E-state index >= 15 is 0 Å². The first-order valence-corrected chi connectivity index (χ1v) is 11.7. The smallest absolute Gasteiger partial charge is 0.295 e. The zero-order chi connectivity index (χ0) is 23.3. The maximum Gasteiger partial charge on any atom is 0.329 e. The molecule has 3 rings (SSSR count). The average molecular weight is 438 g/mol. The molecule has 2 heterocycles. The largest absolute Gasteiger partial charge is 0.329 e. The highest BCUT2D eigenvalue weighted by atomic mass is 16.2. The number of imidazole rings is 1. The molecule has 1 aromatic carbocycles. The van der Waals surface area contributed by atoms with Gasteiger partial charge in [-0.1, -0.05) is 51.9 Å². The van der Waals surface area contributed by atoms with Crippen molar-refractivity contribution >= 4 is 22.8 Å². The topological polar surface area (TPSA) is 73.1 Å². The Kier molecular flexibility index (Phi) is 7.60. The monoisotopic (exact) mass is 437 g/mol. The number of benzene rings is 1. The van der Waals surface area contributed by atoms with Crippen LogP contribution >= 0.6 is 0 Å². The number of carbonyl (C=O) groups excluding carboxylic acids is 2. The molecule has 1 saturated heterocycles. The van der Waals surface area contributed by atoms with E-state index in [1.165, 1.54) is 30.3 Å². The lowest BCUT2D eigenvalue weighted by Gasteiger charge is -2.17. The molecule has 1 N–H and O–H groups in total. The molecular weight excluding hydrogens is 402 g/mol. The highest BCUT2D eigenvalue weighted by Crippen LogP contribution is 2.24. The second-order valence-corrected chi connectivity index (χ2v) is 10.0. The zero-order valence-electron chi connectivity index (χ0n) is 19.8. The molecule has 2 aromatic rings. The molecular formula is C26H35N3O3. The number of unbranched alkanes of at least 4 members (excludes halogenated alkanes) is 4. The van der Waals surface area contributed by atoms with E-state index in [1.54, 1.807) is 11.6 Å². The van der Waals surface area contributed by atoms with Crippen molar-refractivity contribution in [1.29, 1.82) is 0 Å². The standard InChI is InChI=1S/C26H35N3O3/c1-26(2,3)17-10-8-6-5-7-9-12-19-15-16-20-22(18-19)28(4)25(32)29(20)21-13-11-14-23(30)27-24(21)31/h15-16,18,21H,5-8,10-11,13-14,17H2,1-4H3,(H,27,30,31). The van der Waals surface area contributed by atoms with Crippen LogP contribution in [-0.2, 0) is 16.6 Å². The summed E-state index contributed by atoms with van der Waals surface area (Å²) in [5.41, 5.74) is 2.45. The first-order chi connectivity index (χ1) is 15.2. The highest BCUT2D eigenvalue weighted by molar-refractivity contribution is 5.98. The van der Waals surface area contributed by atoms with E-state index < -0.39 is 11.9 Å². The minimum Gasteiger partial charge on any atom is -0.295 e. The molecule has 2 amide bonds. The van der Waals surface area contributed by atoms with Crippen molar-refractivity contribution in [3.63, 3.8) is 0 Å². The van der Waals surface area contributed by atoms with Crippen molar-refractivity contribution in [2.45, 2.75) is 84.6 Å². The Labute approximate surface area is 190 Å². The van der Waals surface area contributed by atoms with Crippen LogP contribution in [0.15, 0.2) is 23.0 Å². The van der Waals surface area contributed by atoms with Gasteiger partial charge in [-0.3, -0.25) is 24.0 Å². The Balaban J connectivity index is 1.68. The molecule has 172 valence electrons. The summed E-state index contributed by atoms with van der Waals surface area (Å²) < 4.78 is 3.06.